The molecular formula is C12H17NO4S. The minimum Gasteiger partial charge on any atom is -0.497 e. The molecule has 1 aliphatic rings. The highest BCUT2D eigenvalue weighted by Crippen LogP contribution is 2.24. The summed E-state index contributed by atoms with van der Waals surface area (Å²) in [5.41, 5.74) is 1.77. The molecule has 1 aliphatic heterocycles. The van der Waals surface area contributed by atoms with Crippen LogP contribution in [0.4, 0.5) is 5.69 Å². The van der Waals surface area contributed by atoms with Crippen LogP contribution in [0.2, 0.25) is 0 Å². The highest BCUT2D eigenvalue weighted by Gasteiger charge is 2.36. The molecule has 0 aliphatic carbocycles. The summed E-state index contributed by atoms with van der Waals surface area (Å²) < 4.78 is 27.9. The number of hydrogen-bond acceptors (Lipinski definition) is 5. The summed E-state index contributed by atoms with van der Waals surface area (Å²) in [6, 6.07) is 5.04. The molecule has 0 saturated carbocycles. The lowest BCUT2D eigenvalue weighted by Crippen LogP contribution is -2.32. The van der Waals surface area contributed by atoms with Crippen molar-refractivity contribution in [3.8, 4) is 5.75 Å². The maximum Gasteiger partial charge on any atom is 0.155 e. The molecule has 2 rings (SSSR count). The van der Waals surface area contributed by atoms with Crippen LogP contribution in [-0.4, -0.2) is 44.3 Å². The van der Waals surface area contributed by atoms with Gasteiger partial charge in [-0.1, -0.05) is 0 Å². The Bertz CT molecular complexity index is 541. The quantitative estimate of drug-likeness (QED) is 0.841. The molecule has 0 aromatic heterocycles. The van der Waals surface area contributed by atoms with Gasteiger partial charge in [0.25, 0.3) is 0 Å². The Morgan fingerprint density at radius 3 is 2.61 bits per heavy atom. The molecule has 1 aromatic carbocycles. The molecule has 1 fully saturated rings. The van der Waals surface area contributed by atoms with Crippen LogP contribution >= 0.6 is 0 Å². The monoisotopic (exact) mass is 271 g/mol. The summed E-state index contributed by atoms with van der Waals surface area (Å²) in [6.07, 6.45) is -0.850. The van der Waals surface area contributed by atoms with Crippen molar-refractivity contribution in [2.45, 2.75) is 19.1 Å². The Labute approximate surface area is 107 Å². The van der Waals surface area contributed by atoms with E-state index in [2.05, 4.69) is 5.32 Å². The molecule has 0 amide bonds. The summed E-state index contributed by atoms with van der Waals surface area (Å²) in [5.74, 6) is 0.553. The fourth-order valence-electron chi connectivity index (χ4n) is 2.09. The average molecular weight is 271 g/mol. The van der Waals surface area contributed by atoms with Crippen LogP contribution in [0, 0.1) is 6.92 Å². The van der Waals surface area contributed by atoms with Gasteiger partial charge in [0.1, 0.15) is 5.75 Å². The number of sulfone groups is 1. The smallest absolute Gasteiger partial charge is 0.155 e. The number of rotatable bonds is 3. The molecule has 18 heavy (non-hydrogen) atoms. The van der Waals surface area contributed by atoms with Gasteiger partial charge in [-0.05, 0) is 30.7 Å². The molecule has 1 saturated heterocycles. The summed E-state index contributed by atoms with van der Waals surface area (Å²) in [4.78, 5) is 0. The minimum atomic E-state index is -3.13. The summed E-state index contributed by atoms with van der Waals surface area (Å²) in [7, 11) is -1.54. The van der Waals surface area contributed by atoms with Gasteiger partial charge in [0.2, 0.25) is 0 Å². The van der Waals surface area contributed by atoms with Gasteiger partial charge in [-0.25, -0.2) is 8.42 Å². The van der Waals surface area contributed by atoms with E-state index < -0.39 is 22.0 Å². The first-order valence-corrected chi connectivity index (χ1v) is 7.53. The van der Waals surface area contributed by atoms with Crippen molar-refractivity contribution in [3.05, 3.63) is 23.8 Å². The van der Waals surface area contributed by atoms with E-state index in [1.54, 1.807) is 13.2 Å². The first-order valence-electron chi connectivity index (χ1n) is 5.71. The third kappa shape index (κ3) is 2.76. The molecule has 2 N–H and O–H groups in total. The van der Waals surface area contributed by atoms with Crippen molar-refractivity contribution in [1.29, 1.82) is 0 Å². The lowest BCUT2D eigenvalue weighted by molar-refractivity contribution is 0.190. The van der Waals surface area contributed by atoms with Crippen LogP contribution in [0.1, 0.15) is 5.56 Å². The number of ether oxygens (including phenoxy) is 1. The van der Waals surface area contributed by atoms with E-state index in [4.69, 9.17) is 4.74 Å². The molecule has 0 radical (unpaired) electrons. The first kappa shape index (κ1) is 13.2. The number of nitrogens with one attached hydrogen (secondary N) is 1. The van der Waals surface area contributed by atoms with Crippen LogP contribution in [0.15, 0.2) is 18.2 Å². The second kappa shape index (κ2) is 4.78. The predicted octanol–water partition coefficient (Wildman–Crippen LogP) is 0.573. The average Bonchev–Trinajstić information content (AvgIpc) is 2.54. The zero-order valence-corrected chi connectivity index (χ0v) is 11.2. The Hall–Kier alpha value is -1.27. The number of aliphatic hydroxyl groups is 1. The van der Waals surface area contributed by atoms with Gasteiger partial charge in [0, 0.05) is 5.69 Å². The lowest BCUT2D eigenvalue weighted by Gasteiger charge is -2.18. The van der Waals surface area contributed by atoms with Gasteiger partial charge in [-0.2, -0.15) is 0 Å². The second-order valence-electron chi connectivity index (χ2n) is 4.58. The van der Waals surface area contributed by atoms with Crippen LogP contribution < -0.4 is 10.1 Å². The van der Waals surface area contributed by atoms with Gasteiger partial charge in [0.15, 0.2) is 9.84 Å². The van der Waals surface area contributed by atoms with Crippen molar-refractivity contribution in [2.75, 3.05) is 23.9 Å². The van der Waals surface area contributed by atoms with Crippen molar-refractivity contribution in [2.24, 2.45) is 0 Å². The Morgan fingerprint density at radius 2 is 2.11 bits per heavy atom. The van der Waals surface area contributed by atoms with Crippen LogP contribution in [0.5, 0.6) is 5.75 Å². The highest BCUT2D eigenvalue weighted by molar-refractivity contribution is 7.91. The molecule has 1 aromatic rings. The first-order chi connectivity index (χ1) is 8.41. The number of methoxy groups -OCH3 is 1. The molecule has 100 valence electrons. The predicted molar refractivity (Wildman–Crippen MR) is 69.8 cm³/mol. The molecule has 5 nitrogen and oxygen atoms in total. The van der Waals surface area contributed by atoms with Crippen molar-refractivity contribution in [3.63, 3.8) is 0 Å². The van der Waals surface area contributed by atoms with Crippen molar-refractivity contribution in [1.82, 2.24) is 0 Å². The maximum atomic E-state index is 11.4. The van der Waals surface area contributed by atoms with Gasteiger partial charge >= 0.3 is 0 Å². The highest BCUT2D eigenvalue weighted by atomic mass is 32.2. The van der Waals surface area contributed by atoms with Gasteiger partial charge in [0.05, 0.1) is 30.8 Å². The Balaban J connectivity index is 2.15. The van der Waals surface area contributed by atoms with Gasteiger partial charge in [-0.3, -0.25) is 0 Å². The molecule has 0 spiro atoms. The number of anilines is 1. The lowest BCUT2D eigenvalue weighted by atomic mass is 10.1. The zero-order chi connectivity index (χ0) is 13.3. The largest absolute Gasteiger partial charge is 0.497 e. The topological polar surface area (TPSA) is 75.6 Å². The SMILES string of the molecule is COc1ccc(NC2CS(=O)(=O)CC2O)c(C)c1. The van der Waals surface area contributed by atoms with E-state index in [0.717, 1.165) is 17.0 Å². The number of aliphatic hydroxyl groups excluding tert-OH is 1. The maximum absolute atomic E-state index is 11.4. The molecule has 6 heteroatoms. The van der Waals surface area contributed by atoms with Gasteiger partial charge in [-0.15, -0.1) is 0 Å². The number of hydrogen-bond donors (Lipinski definition) is 2. The van der Waals surface area contributed by atoms with Gasteiger partial charge < -0.3 is 15.2 Å². The van der Waals surface area contributed by atoms with Crippen LogP contribution in [-0.2, 0) is 9.84 Å². The normalized spacial score (nSPS) is 25.9. The van der Waals surface area contributed by atoms with E-state index in [9.17, 15) is 13.5 Å². The molecular weight excluding hydrogens is 254 g/mol. The molecule has 1 heterocycles. The zero-order valence-electron chi connectivity index (χ0n) is 10.4. The minimum absolute atomic E-state index is 0.0281. The standard InChI is InChI=1S/C12H17NO4S/c1-8-5-9(17-2)3-4-10(8)13-11-6-18(15,16)7-12(11)14/h3-5,11-14H,6-7H2,1-2H3. The Kier molecular flexibility index (Phi) is 3.49. The Morgan fingerprint density at radius 1 is 1.39 bits per heavy atom. The summed E-state index contributed by atoms with van der Waals surface area (Å²) in [5, 5.41) is 12.8. The van der Waals surface area contributed by atoms with E-state index >= 15 is 0 Å². The van der Waals surface area contributed by atoms with Crippen LogP contribution in [0.25, 0.3) is 0 Å². The number of benzene rings is 1. The fourth-order valence-corrected chi connectivity index (χ4v) is 3.83. The van der Waals surface area contributed by atoms with Crippen molar-refractivity contribution >= 4 is 15.5 Å². The third-order valence-corrected chi connectivity index (χ3v) is 4.81. The van der Waals surface area contributed by atoms with E-state index in [0.29, 0.717) is 0 Å². The van der Waals surface area contributed by atoms with E-state index in [-0.39, 0.29) is 11.5 Å². The summed E-state index contributed by atoms with van der Waals surface area (Å²) in [6.45, 7) is 1.90. The molecule has 2 unspecified atom stereocenters. The molecule has 2 atom stereocenters. The molecule has 0 bridgehead atoms. The fraction of sp³-hybridized carbons (Fsp3) is 0.500. The van der Waals surface area contributed by atoms with Crippen LogP contribution in [0.3, 0.4) is 0 Å². The number of aryl methyl sites for hydroxylation is 1. The summed E-state index contributed by atoms with van der Waals surface area (Å²) >= 11 is 0. The second-order valence-corrected chi connectivity index (χ2v) is 6.73. The van der Waals surface area contributed by atoms with Crippen molar-refractivity contribution < 1.29 is 18.3 Å². The van der Waals surface area contributed by atoms with E-state index in [1.165, 1.54) is 0 Å². The van der Waals surface area contributed by atoms with E-state index in [1.807, 2.05) is 19.1 Å². The third-order valence-electron chi connectivity index (χ3n) is 3.10.